The van der Waals surface area contributed by atoms with E-state index < -0.39 is 0 Å². The summed E-state index contributed by atoms with van der Waals surface area (Å²) in [5, 5.41) is 7.62. The van der Waals surface area contributed by atoms with Crippen LogP contribution in [-0.2, 0) is 14.0 Å². The molecule has 2 aliphatic heterocycles. The molecule has 3 rings (SSSR count). The highest BCUT2D eigenvalue weighted by molar-refractivity contribution is 6.54. The lowest BCUT2D eigenvalue weighted by atomic mass is 9.78. The van der Waals surface area contributed by atoms with Crippen LogP contribution in [0.1, 0.15) is 85.9 Å². The van der Waals surface area contributed by atoms with Crippen molar-refractivity contribution in [1.29, 1.82) is 0 Å². The molecule has 2 saturated heterocycles. The lowest BCUT2D eigenvalue weighted by Crippen LogP contribution is -2.49. The molecule has 7 nitrogen and oxygen atoms in total. The SMILES string of the molecule is C/C(=C/C[C@@H]1O[C@H](C)[C@H](NC/C=C\C(C)c2noc(C)n2)C[C@@H]1C)B1OC(C)(C)C(C)(C)O1. The van der Waals surface area contributed by atoms with Crippen molar-refractivity contribution in [1.82, 2.24) is 15.5 Å². The number of aryl methyl sites for hydroxylation is 1. The third-order valence-corrected chi connectivity index (χ3v) is 7.39. The van der Waals surface area contributed by atoms with Crippen LogP contribution in [0.5, 0.6) is 0 Å². The molecule has 0 amide bonds. The van der Waals surface area contributed by atoms with Crippen molar-refractivity contribution in [2.45, 2.75) is 111 Å². The predicted octanol–water partition coefficient (Wildman–Crippen LogP) is 4.78. The monoisotopic (exact) mass is 459 g/mol. The second kappa shape index (κ2) is 10.4. The first-order valence-corrected chi connectivity index (χ1v) is 12.3. The molecule has 0 spiro atoms. The summed E-state index contributed by atoms with van der Waals surface area (Å²) >= 11 is 0. The van der Waals surface area contributed by atoms with E-state index in [2.05, 4.69) is 89.1 Å². The summed E-state index contributed by atoms with van der Waals surface area (Å²) in [6.07, 6.45) is 8.79. The molecule has 1 N–H and O–H groups in total. The Morgan fingerprint density at radius 2 is 1.88 bits per heavy atom. The summed E-state index contributed by atoms with van der Waals surface area (Å²) in [5.74, 6) is 1.91. The summed E-state index contributed by atoms with van der Waals surface area (Å²) < 4.78 is 23.8. The van der Waals surface area contributed by atoms with Crippen molar-refractivity contribution in [2.75, 3.05) is 6.54 Å². The minimum Gasteiger partial charge on any atom is -0.400 e. The van der Waals surface area contributed by atoms with Gasteiger partial charge in [0, 0.05) is 25.4 Å². The zero-order chi connectivity index (χ0) is 24.4. The van der Waals surface area contributed by atoms with Crippen LogP contribution in [0.4, 0.5) is 0 Å². The number of nitrogens with one attached hydrogen (secondary N) is 1. The van der Waals surface area contributed by atoms with E-state index in [0.29, 0.717) is 17.9 Å². The standard InChI is InChI=1S/C25H42BN3O4/c1-16(23-28-20(5)31-29-23)11-10-14-27-21-15-17(2)22(30-19(21)4)13-12-18(3)26-32-24(6,7)25(8,9)33-26/h10-12,16-17,19,21-22,27H,13-15H2,1-9H3/b11-10-,18-12-/t16?,17-,19+,21+,22-/m0/s1. The third-order valence-electron chi connectivity index (χ3n) is 7.39. The second-order valence-electron chi connectivity index (χ2n) is 10.8. The van der Waals surface area contributed by atoms with E-state index in [1.807, 2.05) is 6.92 Å². The van der Waals surface area contributed by atoms with Gasteiger partial charge < -0.3 is 23.9 Å². The molecule has 1 aromatic heterocycles. The number of hydrogen-bond donors (Lipinski definition) is 1. The van der Waals surface area contributed by atoms with Crippen LogP contribution in [0.2, 0.25) is 0 Å². The van der Waals surface area contributed by atoms with Crippen LogP contribution >= 0.6 is 0 Å². The number of aromatic nitrogens is 2. The number of ether oxygens (including phenoxy) is 1. The normalized spacial score (nSPS) is 30.8. The van der Waals surface area contributed by atoms with Crippen LogP contribution in [-0.4, -0.2) is 53.3 Å². The van der Waals surface area contributed by atoms with E-state index in [1.54, 1.807) is 0 Å². The summed E-state index contributed by atoms with van der Waals surface area (Å²) in [5.41, 5.74) is 0.491. The highest BCUT2D eigenvalue weighted by atomic mass is 16.7. The Labute approximate surface area is 199 Å². The van der Waals surface area contributed by atoms with Gasteiger partial charge in [0.15, 0.2) is 5.82 Å². The van der Waals surface area contributed by atoms with Gasteiger partial charge in [0.1, 0.15) is 0 Å². The topological polar surface area (TPSA) is 78.6 Å². The van der Waals surface area contributed by atoms with Crippen molar-refractivity contribution in [3.05, 3.63) is 35.4 Å². The fraction of sp³-hybridized carbons (Fsp3) is 0.760. The molecular weight excluding hydrogens is 417 g/mol. The molecule has 0 aromatic carbocycles. The van der Waals surface area contributed by atoms with Crippen LogP contribution in [0.15, 0.2) is 28.2 Å². The quantitative estimate of drug-likeness (QED) is 0.443. The summed E-state index contributed by atoms with van der Waals surface area (Å²) in [6, 6.07) is 0.330. The lowest BCUT2D eigenvalue weighted by Gasteiger charge is -2.39. The van der Waals surface area contributed by atoms with Gasteiger partial charge in [-0.25, -0.2) is 0 Å². The van der Waals surface area contributed by atoms with E-state index in [-0.39, 0.29) is 36.4 Å². The van der Waals surface area contributed by atoms with Crippen molar-refractivity contribution in [2.24, 2.45) is 5.92 Å². The van der Waals surface area contributed by atoms with E-state index >= 15 is 0 Å². The van der Waals surface area contributed by atoms with Gasteiger partial charge in [-0.1, -0.05) is 37.2 Å². The number of rotatable bonds is 8. The van der Waals surface area contributed by atoms with Gasteiger partial charge in [0.2, 0.25) is 5.89 Å². The highest BCUT2D eigenvalue weighted by Gasteiger charge is 2.51. The number of nitrogens with zero attached hydrogens (tertiary/aromatic N) is 2. The Kier molecular flexibility index (Phi) is 8.26. The maximum Gasteiger partial charge on any atom is 0.489 e. The van der Waals surface area contributed by atoms with Crippen LogP contribution < -0.4 is 5.32 Å². The Morgan fingerprint density at radius 3 is 2.48 bits per heavy atom. The largest absolute Gasteiger partial charge is 0.489 e. The van der Waals surface area contributed by atoms with Gasteiger partial charge in [0.05, 0.1) is 23.4 Å². The van der Waals surface area contributed by atoms with E-state index in [1.165, 1.54) is 0 Å². The fourth-order valence-electron chi connectivity index (χ4n) is 4.29. The Bertz CT molecular complexity index is 834. The molecule has 2 aliphatic rings. The molecule has 1 unspecified atom stereocenters. The minimum absolute atomic E-state index is 0.131. The van der Waals surface area contributed by atoms with E-state index in [0.717, 1.165) is 30.7 Å². The first kappa shape index (κ1) is 26.1. The minimum atomic E-state index is -0.314. The van der Waals surface area contributed by atoms with E-state index in [4.69, 9.17) is 18.6 Å². The van der Waals surface area contributed by atoms with Crippen LogP contribution in [0.3, 0.4) is 0 Å². The van der Waals surface area contributed by atoms with Gasteiger partial charge in [-0.2, -0.15) is 4.98 Å². The molecule has 3 heterocycles. The molecule has 0 radical (unpaired) electrons. The molecule has 5 atom stereocenters. The number of hydrogen-bond acceptors (Lipinski definition) is 7. The molecular formula is C25H42BN3O4. The zero-order valence-corrected chi connectivity index (χ0v) is 21.8. The van der Waals surface area contributed by atoms with Crippen molar-refractivity contribution >= 4 is 7.12 Å². The van der Waals surface area contributed by atoms with Crippen molar-refractivity contribution < 1.29 is 18.6 Å². The molecule has 184 valence electrons. The average molecular weight is 459 g/mol. The Hall–Kier alpha value is -1.48. The summed E-state index contributed by atoms with van der Waals surface area (Å²) in [6.45, 7) is 19.5. The van der Waals surface area contributed by atoms with Gasteiger partial charge in [-0.15, -0.1) is 0 Å². The van der Waals surface area contributed by atoms with Gasteiger partial charge in [-0.05, 0) is 65.8 Å². The van der Waals surface area contributed by atoms with Gasteiger partial charge in [0.25, 0.3) is 0 Å². The molecule has 2 fully saturated rings. The van der Waals surface area contributed by atoms with Crippen molar-refractivity contribution in [3.63, 3.8) is 0 Å². The summed E-state index contributed by atoms with van der Waals surface area (Å²) in [4.78, 5) is 4.29. The van der Waals surface area contributed by atoms with Crippen LogP contribution in [0.25, 0.3) is 0 Å². The molecule has 0 saturated carbocycles. The molecule has 0 aliphatic carbocycles. The van der Waals surface area contributed by atoms with E-state index in [9.17, 15) is 0 Å². The molecule has 8 heteroatoms. The smallest absolute Gasteiger partial charge is 0.400 e. The first-order chi connectivity index (χ1) is 15.4. The van der Waals surface area contributed by atoms with Crippen LogP contribution in [0, 0.1) is 12.8 Å². The second-order valence-corrected chi connectivity index (χ2v) is 10.8. The van der Waals surface area contributed by atoms with Gasteiger partial charge >= 0.3 is 7.12 Å². The Morgan fingerprint density at radius 1 is 1.21 bits per heavy atom. The fourth-order valence-corrected chi connectivity index (χ4v) is 4.29. The van der Waals surface area contributed by atoms with Gasteiger partial charge in [-0.3, -0.25) is 0 Å². The number of allylic oxidation sites excluding steroid dienone is 2. The lowest BCUT2D eigenvalue weighted by molar-refractivity contribution is -0.0852. The Balaban J connectivity index is 1.46. The maximum atomic E-state index is 6.41. The third kappa shape index (κ3) is 6.35. The molecule has 0 bridgehead atoms. The summed E-state index contributed by atoms with van der Waals surface area (Å²) in [7, 11) is -0.286. The zero-order valence-electron chi connectivity index (χ0n) is 21.8. The first-order valence-electron chi connectivity index (χ1n) is 12.3. The van der Waals surface area contributed by atoms with Crippen molar-refractivity contribution in [3.8, 4) is 0 Å². The molecule has 33 heavy (non-hydrogen) atoms. The predicted molar refractivity (Wildman–Crippen MR) is 131 cm³/mol. The average Bonchev–Trinajstić information content (AvgIpc) is 3.25. The molecule has 1 aromatic rings. The highest BCUT2D eigenvalue weighted by Crippen LogP contribution is 2.38. The maximum absolute atomic E-state index is 6.41.